The summed E-state index contributed by atoms with van der Waals surface area (Å²) in [5.41, 5.74) is 7.73. The number of amides is 1. The van der Waals surface area contributed by atoms with Crippen LogP contribution in [0.4, 0.5) is 5.82 Å². The van der Waals surface area contributed by atoms with Crippen molar-refractivity contribution in [2.75, 3.05) is 11.4 Å². The van der Waals surface area contributed by atoms with Crippen molar-refractivity contribution >= 4 is 33.3 Å². The number of β-amino-alcohol motifs (C(OH)–C–C–N with tert-alkyl or cyclic N) is 1. The van der Waals surface area contributed by atoms with E-state index in [9.17, 15) is 9.90 Å². The first-order chi connectivity index (χ1) is 13.1. The Hall–Kier alpha value is -2.58. The molecule has 5 rings (SSSR count). The van der Waals surface area contributed by atoms with Crippen LogP contribution in [0.15, 0.2) is 24.5 Å². The predicted octanol–water partition coefficient (Wildman–Crippen LogP) is 1.67. The van der Waals surface area contributed by atoms with Crippen molar-refractivity contribution in [3.8, 4) is 11.4 Å². The molecular weight excluding hydrogens is 362 g/mol. The number of hydrogen-bond donors (Lipinski definition) is 2. The Morgan fingerprint density at radius 2 is 2.22 bits per heavy atom. The van der Waals surface area contributed by atoms with Gasteiger partial charge in [0.2, 0.25) is 5.91 Å². The molecule has 7 nitrogen and oxygen atoms in total. The second kappa shape index (κ2) is 6.24. The number of primary amides is 1. The maximum Gasteiger partial charge on any atom is 0.240 e. The summed E-state index contributed by atoms with van der Waals surface area (Å²) < 4.78 is 0. The van der Waals surface area contributed by atoms with Gasteiger partial charge in [-0.1, -0.05) is 0 Å². The molecule has 27 heavy (non-hydrogen) atoms. The number of nitrogens with two attached hydrogens (primary N) is 1. The third-order valence-corrected chi connectivity index (χ3v) is 6.53. The van der Waals surface area contributed by atoms with E-state index in [1.807, 2.05) is 17.0 Å². The highest BCUT2D eigenvalue weighted by Gasteiger charge is 2.38. The molecular formula is C19H19N5O2S. The van der Waals surface area contributed by atoms with Gasteiger partial charge >= 0.3 is 0 Å². The van der Waals surface area contributed by atoms with Crippen LogP contribution in [0.3, 0.4) is 0 Å². The molecule has 1 aliphatic heterocycles. The van der Waals surface area contributed by atoms with Gasteiger partial charge < -0.3 is 15.7 Å². The van der Waals surface area contributed by atoms with Crippen molar-refractivity contribution in [1.82, 2.24) is 15.0 Å². The van der Waals surface area contributed by atoms with Crippen molar-refractivity contribution in [3.05, 3.63) is 35.0 Å². The Balaban J connectivity index is 1.75. The average molecular weight is 381 g/mol. The van der Waals surface area contributed by atoms with Gasteiger partial charge in [0.1, 0.15) is 16.7 Å². The normalized spacial score (nSPS) is 21.7. The zero-order valence-electron chi connectivity index (χ0n) is 14.6. The standard InChI is InChI=1S/C19H19N5O2S/c20-16(26)13-7-11(25)9-24(13)18-15-12-4-1-5-14(12)27-19(15)23-17(22-18)10-3-2-6-21-8-10/h2-3,6,8,11,13,25H,1,4-5,7,9H2,(H2,20,26)/t11-,13-/m1/s1. The number of aliphatic hydroxyl groups excluding tert-OH is 1. The van der Waals surface area contributed by atoms with E-state index in [2.05, 4.69) is 4.98 Å². The number of pyridine rings is 1. The van der Waals surface area contributed by atoms with E-state index >= 15 is 0 Å². The minimum Gasteiger partial charge on any atom is -0.391 e. The quantitative estimate of drug-likeness (QED) is 0.715. The number of rotatable bonds is 3. The molecule has 1 aliphatic carbocycles. The molecule has 0 aromatic carbocycles. The van der Waals surface area contributed by atoms with Gasteiger partial charge in [-0.25, -0.2) is 9.97 Å². The van der Waals surface area contributed by atoms with Gasteiger partial charge in [-0.05, 0) is 37.0 Å². The number of aliphatic hydroxyl groups is 1. The summed E-state index contributed by atoms with van der Waals surface area (Å²) in [5, 5.41) is 11.2. The van der Waals surface area contributed by atoms with Gasteiger partial charge in [0.25, 0.3) is 0 Å². The fourth-order valence-corrected chi connectivity index (χ4v) is 5.38. The molecule has 0 spiro atoms. The molecule has 1 fully saturated rings. The Morgan fingerprint density at radius 1 is 1.33 bits per heavy atom. The van der Waals surface area contributed by atoms with E-state index in [0.717, 1.165) is 35.0 Å². The number of aryl methyl sites for hydroxylation is 2. The van der Waals surface area contributed by atoms with Crippen molar-refractivity contribution in [1.29, 1.82) is 0 Å². The smallest absolute Gasteiger partial charge is 0.240 e. The molecule has 138 valence electrons. The SMILES string of the molecule is NC(=O)[C@H]1C[C@@H](O)CN1c1nc(-c2cccnc2)nc2sc3c(c12)CCC3. The molecule has 0 saturated carbocycles. The molecule has 3 aromatic rings. The molecule has 0 unspecified atom stereocenters. The van der Waals surface area contributed by atoms with E-state index in [4.69, 9.17) is 15.7 Å². The first-order valence-corrected chi connectivity index (χ1v) is 9.90. The average Bonchev–Trinajstić information content (AvgIpc) is 3.35. The van der Waals surface area contributed by atoms with Crippen LogP contribution in [-0.4, -0.2) is 44.7 Å². The number of thiophene rings is 1. The Bertz CT molecular complexity index is 1040. The zero-order chi connectivity index (χ0) is 18.5. The lowest BCUT2D eigenvalue weighted by Gasteiger charge is -2.24. The van der Waals surface area contributed by atoms with Crippen molar-refractivity contribution < 1.29 is 9.90 Å². The van der Waals surface area contributed by atoms with Crippen LogP contribution in [0.1, 0.15) is 23.3 Å². The van der Waals surface area contributed by atoms with E-state index in [1.165, 1.54) is 10.4 Å². The zero-order valence-corrected chi connectivity index (χ0v) is 15.4. The molecule has 0 radical (unpaired) electrons. The summed E-state index contributed by atoms with van der Waals surface area (Å²) in [6.07, 6.45) is 6.35. The van der Waals surface area contributed by atoms with Crippen molar-refractivity contribution in [2.24, 2.45) is 5.73 Å². The Kier molecular flexibility index (Phi) is 3.84. The molecule has 2 atom stereocenters. The molecule has 4 heterocycles. The lowest BCUT2D eigenvalue weighted by molar-refractivity contribution is -0.119. The van der Waals surface area contributed by atoms with E-state index in [-0.39, 0.29) is 0 Å². The van der Waals surface area contributed by atoms with Crippen LogP contribution in [0.25, 0.3) is 21.6 Å². The predicted molar refractivity (Wildman–Crippen MR) is 104 cm³/mol. The fourth-order valence-electron chi connectivity index (χ4n) is 4.13. The maximum absolute atomic E-state index is 12.0. The molecule has 1 saturated heterocycles. The van der Waals surface area contributed by atoms with Crippen molar-refractivity contribution in [3.63, 3.8) is 0 Å². The third kappa shape index (κ3) is 2.67. The Labute approximate surface area is 159 Å². The summed E-state index contributed by atoms with van der Waals surface area (Å²) in [7, 11) is 0. The molecule has 2 aliphatic rings. The van der Waals surface area contributed by atoms with Gasteiger partial charge in [0.15, 0.2) is 5.82 Å². The number of aromatic nitrogens is 3. The highest BCUT2D eigenvalue weighted by atomic mass is 32.1. The first-order valence-electron chi connectivity index (χ1n) is 9.08. The first kappa shape index (κ1) is 16.6. The third-order valence-electron chi connectivity index (χ3n) is 5.34. The number of hydrogen-bond acceptors (Lipinski definition) is 7. The summed E-state index contributed by atoms with van der Waals surface area (Å²) >= 11 is 1.70. The molecule has 3 N–H and O–H groups in total. The summed E-state index contributed by atoms with van der Waals surface area (Å²) in [6.45, 7) is 0.344. The van der Waals surface area contributed by atoms with Crippen LogP contribution in [-0.2, 0) is 17.6 Å². The van der Waals surface area contributed by atoms with Gasteiger partial charge in [-0.3, -0.25) is 9.78 Å². The topological polar surface area (TPSA) is 105 Å². The number of carbonyl (C=O) groups is 1. The second-order valence-electron chi connectivity index (χ2n) is 7.11. The van der Waals surface area contributed by atoms with E-state index in [0.29, 0.717) is 24.6 Å². The largest absolute Gasteiger partial charge is 0.391 e. The number of carbonyl (C=O) groups excluding carboxylic acids is 1. The fraction of sp³-hybridized carbons (Fsp3) is 0.368. The van der Waals surface area contributed by atoms with Crippen LogP contribution in [0, 0.1) is 0 Å². The number of nitrogens with zero attached hydrogens (tertiary/aromatic N) is 4. The lowest BCUT2D eigenvalue weighted by atomic mass is 10.1. The monoisotopic (exact) mass is 381 g/mol. The summed E-state index contributed by atoms with van der Waals surface area (Å²) in [5.74, 6) is 0.849. The summed E-state index contributed by atoms with van der Waals surface area (Å²) in [4.78, 5) is 29.9. The molecule has 3 aromatic heterocycles. The van der Waals surface area contributed by atoms with Gasteiger partial charge in [-0.15, -0.1) is 11.3 Å². The molecule has 8 heteroatoms. The second-order valence-corrected chi connectivity index (χ2v) is 8.19. The summed E-state index contributed by atoms with van der Waals surface area (Å²) in [6, 6.07) is 3.21. The number of anilines is 1. The lowest BCUT2D eigenvalue weighted by Crippen LogP contribution is -2.41. The molecule has 0 bridgehead atoms. The van der Waals surface area contributed by atoms with Crippen LogP contribution >= 0.6 is 11.3 Å². The van der Waals surface area contributed by atoms with E-state index < -0.39 is 18.1 Å². The molecule has 1 amide bonds. The van der Waals surface area contributed by atoms with Gasteiger partial charge in [0, 0.05) is 35.8 Å². The Morgan fingerprint density at radius 3 is 3.00 bits per heavy atom. The van der Waals surface area contributed by atoms with Crippen LogP contribution in [0.5, 0.6) is 0 Å². The highest BCUT2D eigenvalue weighted by Crippen LogP contribution is 2.42. The van der Waals surface area contributed by atoms with Gasteiger partial charge in [0.05, 0.1) is 11.5 Å². The van der Waals surface area contributed by atoms with Gasteiger partial charge in [-0.2, -0.15) is 0 Å². The number of fused-ring (bicyclic) bond motifs is 3. The maximum atomic E-state index is 12.0. The highest BCUT2D eigenvalue weighted by molar-refractivity contribution is 7.19. The minimum atomic E-state index is -0.596. The van der Waals surface area contributed by atoms with E-state index in [1.54, 1.807) is 23.7 Å². The van der Waals surface area contributed by atoms with Crippen molar-refractivity contribution in [2.45, 2.75) is 37.8 Å². The van der Waals surface area contributed by atoms with Crippen LogP contribution in [0.2, 0.25) is 0 Å². The minimum absolute atomic E-state index is 0.329. The van der Waals surface area contributed by atoms with Crippen LogP contribution < -0.4 is 10.6 Å².